The summed E-state index contributed by atoms with van der Waals surface area (Å²) in [5.41, 5.74) is -0.442. The predicted molar refractivity (Wildman–Crippen MR) is 58.1 cm³/mol. The number of alkyl halides is 2. The molecular formula is C12H14F2O3. The van der Waals surface area contributed by atoms with E-state index in [1.165, 1.54) is 6.07 Å². The molecular weight excluding hydrogens is 230 g/mol. The van der Waals surface area contributed by atoms with Gasteiger partial charge in [-0.15, -0.1) is 0 Å². The third kappa shape index (κ3) is 3.15. The standard InChI is InChI=1S/C12H14F2O3/c1-8(2)17-10-6-4-5-9(7-10)12(13,14)11(15)16-3/h4-8H,1-3H3. The summed E-state index contributed by atoms with van der Waals surface area (Å²) in [5, 5.41) is 0. The zero-order valence-corrected chi connectivity index (χ0v) is 9.87. The van der Waals surface area contributed by atoms with Gasteiger partial charge in [-0.2, -0.15) is 8.78 Å². The molecule has 0 spiro atoms. The Morgan fingerprint density at radius 1 is 1.35 bits per heavy atom. The smallest absolute Gasteiger partial charge is 0.381 e. The lowest BCUT2D eigenvalue weighted by atomic mass is 10.1. The third-order valence-corrected chi connectivity index (χ3v) is 2.01. The fourth-order valence-corrected chi connectivity index (χ4v) is 1.28. The Morgan fingerprint density at radius 3 is 2.53 bits per heavy atom. The minimum Gasteiger partial charge on any atom is -0.491 e. The van der Waals surface area contributed by atoms with Crippen molar-refractivity contribution in [2.45, 2.75) is 25.9 Å². The molecule has 0 saturated heterocycles. The van der Waals surface area contributed by atoms with Crippen molar-refractivity contribution < 1.29 is 23.0 Å². The number of esters is 1. The van der Waals surface area contributed by atoms with Crippen LogP contribution in [0.2, 0.25) is 0 Å². The fraction of sp³-hybridized carbons (Fsp3) is 0.417. The number of halogens is 2. The first kappa shape index (κ1) is 13.4. The molecule has 1 aromatic rings. The van der Waals surface area contributed by atoms with E-state index in [0.717, 1.165) is 19.2 Å². The van der Waals surface area contributed by atoms with Gasteiger partial charge in [0.2, 0.25) is 0 Å². The minimum absolute atomic E-state index is 0.128. The Balaban J connectivity index is 3.02. The first-order valence-corrected chi connectivity index (χ1v) is 5.11. The highest BCUT2D eigenvalue weighted by Gasteiger charge is 2.42. The third-order valence-electron chi connectivity index (χ3n) is 2.01. The molecule has 0 aliphatic rings. The first-order valence-electron chi connectivity index (χ1n) is 5.11. The molecule has 17 heavy (non-hydrogen) atoms. The number of rotatable bonds is 4. The topological polar surface area (TPSA) is 35.5 Å². The van der Waals surface area contributed by atoms with Crippen LogP contribution in [0.3, 0.4) is 0 Å². The lowest BCUT2D eigenvalue weighted by Gasteiger charge is -2.16. The van der Waals surface area contributed by atoms with Crippen LogP contribution in [0.5, 0.6) is 5.75 Å². The van der Waals surface area contributed by atoms with E-state index in [4.69, 9.17) is 4.74 Å². The van der Waals surface area contributed by atoms with Crippen LogP contribution < -0.4 is 4.74 Å². The van der Waals surface area contributed by atoms with Gasteiger partial charge in [0.25, 0.3) is 0 Å². The Morgan fingerprint density at radius 2 is 2.00 bits per heavy atom. The number of methoxy groups -OCH3 is 1. The van der Waals surface area contributed by atoms with Crippen molar-refractivity contribution in [3.63, 3.8) is 0 Å². The molecule has 0 atom stereocenters. The van der Waals surface area contributed by atoms with Gasteiger partial charge < -0.3 is 9.47 Å². The Bertz CT molecular complexity index is 402. The molecule has 0 aromatic heterocycles. The summed E-state index contributed by atoms with van der Waals surface area (Å²) in [4.78, 5) is 11.0. The highest BCUT2D eigenvalue weighted by Crippen LogP contribution is 2.31. The summed E-state index contributed by atoms with van der Waals surface area (Å²) in [6.45, 7) is 3.57. The fourth-order valence-electron chi connectivity index (χ4n) is 1.28. The molecule has 0 amide bonds. The van der Waals surface area contributed by atoms with Gasteiger partial charge in [-0.1, -0.05) is 12.1 Å². The number of ether oxygens (including phenoxy) is 2. The molecule has 1 rings (SSSR count). The van der Waals surface area contributed by atoms with E-state index in [-0.39, 0.29) is 6.10 Å². The summed E-state index contributed by atoms with van der Waals surface area (Å²) in [5.74, 6) is -4.95. The van der Waals surface area contributed by atoms with Crippen LogP contribution in [0.4, 0.5) is 8.78 Å². The lowest BCUT2D eigenvalue weighted by Crippen LogP contribution is -2.27. The molecule has 0 radical (unpaired) electrons. The summed E-state index contributed by atoms with van der Waals surface area (Å²) < 4.78 is 36.4. The van der Waals surface area contributed by atoms with E-state index >= 15 is 0 Å². The second-order valence-electron chi connectivity index (χ2n) is 3.76. The van der Waals surface area contributed by atoms with Crippen LogP contribution in [0, 0.1) is 0 Å². The highest BCUT2D eigenvalue weighted by atomic mass is 19.3. The number of benzene rings is 1. The van der Waals surface area contributed by atoms with Gasteiger partial charge >= 0.3 is 11.9 Å². The average Bonchev–Trinajstić information content (AvgIpc) is 2.27. The van der Waals surface area contributed by atoms with E-state index in [2.05, 4.69) is 4.74 Å². The van der Waals surface area contributed by atoms with Gasteiger partial charge in [0.05, 0.1) is 13.2 Å². The molecule has 0 aliphatic heterocycles. The quantitative estimate of drug-likeness (QED) is 0.764. The lowest BCUT2D eigenvalue weighted by molar-refractivity contribution is -0.170. The van der Waals surface area contributed by atoms with Crippen LogP contribution in [0.15, 0.2) is 24.3 Å². The van der Waals surface area contributed by atoms with Crippen molar-refractivity contribution in [3.8, 4) is 5.75 Å². The van der Waals surface area contributed by atoms with E-state index in [1.807, 2.05) is 0 Å². The SMILES string of the molecule is COC(=O)C(F)(F)c1cccc(OC(C)C)c1. The second kappa shape index (κ2) is 5.12. The van der Waals surface area contributed by atoms with Crippen molar-refractivity contribution in [1.29, 1.82) is 0 Å². The van der Waals surface area contributed by atoms with Crippen LogP contribution in [0.1, 0.15) is 19.4 Å². The van der Waals surface area contributed by atoms with Crippen molar-refractivity contribution in [3.05, 3.63) is 29.8 Å². The number of hydrogen-bond acceptors (Lipinski definition) is 3. The number of carbonyl (C=O) groups excluding carboxylic acids is 1. The maximum atomic E-state index is 13.5. The Kier molecular flexibility index (Phi) is 4.04. The molecule has 0 N–H and O–H groups in total. The summed E-state index contributed by atoms with van der Waals surface area (Å²) in [6.07, 6.45) is -0.128. The van der Waals surface area contributed by atoms with Crippen LogP contribution in [-0.4, -0.2) is 19.2 Å². The molecule has 0 saturated carbocycles. The number of hydrogen-bond donors (Lipinski definition) is 0. The molecule has 0 bridgehead atoms. The van der Waals surface area contributed by atoms with Crippen molar-refractivity contribution in [2.24, 2.45) is 0 Å². The van der Waals surface area contributed by atoms with Gasteiger partial charge in [0, 0.05) is 5.56 Å². The predicted octanol–water partition coefficient (Wildman–Crippen LogP) is 2.74. The van der Waals surface area contributed by atoms with Gasteiger partial charge in [-0.25, -0.2) is 4.79 Å². The molecule has 0 fully saturated rings. The van der Waals surface area contributed by atoms with Crippen molar-refractivity contribution >= 4 is 5.97 Å². The molecule has 94 valence electrons. The van der Waals surface area contributed by atoms with E-state index in [1.54, 1.807) is 19.9 Å². The molecule has 5 heteroatoms. The Hall–Kier alpha value is -1.65. The zero-order valence-electron chi connectivity index (χ0n) is 9.87. The molecule has 0 aliphatic carbocycles. The number of carbonyl (C=O) groups is 1. The van der Waals surface area contributed by atoms with E-state index in [0.29, 0.717) is 5.75 Å². The monoisotopic (exact) mass is 244 g/mol. The van der Waals surface area contributed by atoms with Gasteiger partial charge in [-0.05, 0) is 26.0 Å². The maximum absolute atomic E-state index is 13.5. The van der Waals surface area contributed by atoms with Crippen molar-refractivity contribution in [1.82, 2.24) is 0 Å². The Labute approximate surface area is 98.3 Å². The minimum atomic E-state index is -3.66. The maximum Gasteiger partial charge on any atom is 0.381 e. The average molecular weight is 244 g/mol. The first-order chi connectivity index (χ1) is 7.87. The summed E-state index contributed by atoms with van der Waals surface area (Å²) >= 11 is 0. The summed E-state index contributed by atoms with van der Waals surface area (Å²) in [7, 11) is 0.921. The van der Waals surface area contributed by atoms with Crippen molar-refractivity contribution in [2.75, 3.05) is 7.11 Å². The van der Waals surface area contributed by atoms with Gasteiger partial charge in [-0.3, -0.25) is 0 Å². The van der Waals surface area contributed by atoms with Gasteiger partial charge in [0.1, 0.15) is 5.75 Å². The van der Waals surface area contributed by atoms with Crippen LogP contribution in [-0.2, 0) is 15.5 Å². The zero-order chi connectivity index (χ0) is 13.1. The summed E-state index contributed by atoms with van der Waals surface area (Å²) in [6, 6.07) is 5.25. The van der Waals surface area contributed by atoms with E-state index < -0.39 is 17.5 Å². The highest BCUT2D eigenvalue weighted by molar-refractivity contribution is 5.79. The molecule has 1 aromatic carbocycles. The van der Waals surface area contributed by atoms with Crippen LogP contribution >= 0.6 is 0 Å². The van der Waals surface area contributed by atoms with Crippen LogP contribution in [0.25, 0.3) is 0 Å². The molecule has 3 nitrogen and oxygen atoms in total. The van der Waals surface area contributed by atoms with E-state index in [9.17, 15) is 13.6 Å². The molecule has 0 unspecified atom stereocenters. The largest absolute Gasteiger partial charge is 0.491 e. The second-order valence-corrected chi connectivity index (χ2v) is 3.76. The van der Waals surface area contributed by atoms with Gasteiger partial charge in [0.15, 0.2) is 0 Å². The molecule has 0 heterocycles. The normalized spacial score (nSPS) is 11.4.